The Morgan fingerprint density at radius 3 is 3.00 bits per heavy atom. The minimum Gasteiger partial charge on any atom is -0.544 e. The van der Waals surface area contributed by atoms with Gasteiger partial charge in [0.15, 0.2) is 0 Å². The monoisotopic (exact) mass is 220 g/mol. The van der Waals surface area contributed by atoms with Crippen molar-refractivity contribution in [1.29, 1.82) is 0 Å². The summed E-state index contributed by atoms with van der Waals surface area (Å²) in [5.74, 6) is -1.05. The van der Waals surface area contributed by atoms with Crippen LogP contribution in [0.5, 0.6) is 5.75 Å². The van der Waals surface area contributed by atoms with Gasteiger partial charge in [-0.25, -0.2) is 0 Å². The van der Waals surface area contributed by atoms with Crippen LogP contribution in [0.4, 0.5) is 0 Å². The molecule has 2 aromatic rings. The summed E-state index contributed by atoms with van der Waals surface area (Å²) in [4.78, 5) is 13.6. The summed E-state index contributed by atoms with van der Waals surface area (Å²) >= 11 is 0. The molecule has 0 aliphatic rings. The van der Waals surface area contributed by atoms with E-state index in [0.29, 0.717) is 5.39 Å². The number of hydrogen-bond acceptors (Lipinski definition) is 3. The summed E-state index contributed by atoms with van der Waals surface area (Å²) < 4.78 is 0. The average Bonchev–Trinajstić information content (AvgIpc) is 2.63. The molecule has 1 aromatic heterocycles. The van der Waals surface area contributed by atoms with E-state index in [1.807, 2.05) is 6.07 Å². The number of carboxylic acids is 1. The molecule has 1 aromatic carbocycles. The zero-order chi connectivity index (χ0) is 11.7. The number of aliphatic carboxylic acids is 1. The van der Waals surface area contributed by atoms with Crippen molar-refractivity contribution in [3.8, 4) is 5.75 Å². The molecule has 0 aliphatic carbocycles. The second-order valence-electron chi connectivity index (χ2n) is 3.73. The first kappa shape index (κ1) is 10.5. The number of rotatable bonds is 3. The van der Waals surface area contributed by atoms with Gasteiger partial charge in [0.05, 0.1) is 5.97 Å². The van der Waals surface area contributed by atoms with Gasteiger partial charge in [0.2, 0.25) is 0 Å². The van der Waals surface area contributed by atoms with Crippen molar-refractivity contribution >= 4 is 16.9 Å². The zero-order valence-corrected chi connectivity index (χ0v) is 8.56. The standard InChI is InChI=1S/C11H12N2O3/c12-7(11(15)16)4-6-5-13-8-2-1-3-9(14)10(6)8/h1-3,5,7,13-14H,4,12H2,(H,15,16)/t7-/m0/s1. The number of nitrogens with one attached hydrogen (secondary N) is 1. The molecule has 5 N–H and O–H groups in total. The first-order valence-corrected chi connectivity index (χ1v) is 4.91. The second-order valence-corrected chi connectivity index (χ2v) is 3.73. The topological polar surface area (TPSA) is 104 Å². The number of phenols is 1. The molecule has 0 bridgehead atoms. The molecule has 0 amide bonds. The van der Waals surface area contributed by atoms with E-state index < -0.39 is 12.0 Å². The maximum Gasteiger partial charge on any atom is 0.129 e. The molecule has 0 spiro atoms. The fourth-order valence-corrected chi connectivity index (χ4v) is 1.74. The Bertz CT molecular complexity index is 533. The molecule has 0 fully saturated rings. The van der Waals surface area contributed by atoms with E-state index in [2.05, 4.69) is 10.7 Å². The van der Waals surface area contributed by atoms with Crippen LogP contribution in [0.3, 0.4) is 0 Å². The molecular formula is C11H12N2O3. The van der Waals surface area contributed by atoms with Gasteiger partial charge < -0.3 is 25.7 Å². The predicted octanol–water partition coefficient (Wildman–Crippen LogP) is -1.22. The van der Waals surface area contributed by atoms with Gasteiger partial charge in [-0.2, -0.15) is 0 Å². The minimum absolute atomic E-state index is 0.138. The summed E-state index contributed by atoms with van der Waals surface area (Å²) in [5.41, 5.74) is 5.00. The molecule has 0 saturated carbocycles. The largest absolute Gasteiger partial charge is 0.544 e. The smallest absolute Gasteiger partial charge is 0.129 e. The average molecular weight is 220 g/mol. The Kier molecular flexibility index (Phi) is 2.54. The number of phenolic OH excluding ortho intramolecular Hbond substituents is 1. The lowest BCUT2D eigenvalue weighted by atomic mass is 10.1. The van der Waals surface area contributed by atoms with Crippen LogP contribution in [0.2, 0.25) is 0 Å². The molecule has 1 atom stereocenters. The van der Waals surface area contributed by atoms with E-state index in [-0.39, 0.29) is 12.2 Å². The summed E-state index contributed by atoms with van der Waals surface area (Å²) in [5, 5.41) is 20.9. The number of hydrogen-bond donors (Lipinski definition) is 3. The number of benzene rings is 1. The minimum atomic E-state index is -1.19. The van der Waals surface area contributed by atoms with Crippen LogP contribution in [0.25, 0.3) is 10.9 Å². The number of carboxylic acid groups (broad SMARTS) is 1. The number of quaternary nitrogens is 1. The summed E-state index contributed by atoms with van der Waals surface area (Å²) in [6, 6.07) is 4.28. The van der Waals surface area contributed by atoms with E-state index in [9.17, 15) is 15.0 Å². The van der Waals surface area contributed by atoms with Gasteiger partial charge in [-0.05, 0) is 17.7 Å². The molecule has 0 radical (unpaired) electrons. The van der Waals surface area contributed by atoms with E-state index in [4.69, 9.17) is 0 Å². The van der Waals surface area contributed by atoms with Gasteiger partial charge in [0.1, 0.15) is 11.8 Å². The van der Waals surface area contributed by atoms with Gasteiger partial charge in [0.25, 0.3) is 0 Å². The lowest BCUT2D eigenvalue weighted by Gasteiger charge is -2.08. The lowest BCUT2D eigenvalue weighted by Crippen LogP contribution is -2.69. The maximum atomic E-state index is 10.6. The molecule has 16 heavy (non-hydrogen) atoms. The first-order chi connectivity index (χ1) is 7.59. The van der Waals surface area contributed by atoms with Crippen molar-refractivity contribution in [2.24, 2.45) is 0 Å². The van der Waals surface area contributed by atoms with Crippen LogP contribution in [-0.2, 0) is 11.2 Å². The number of carbonyl (C=O) groups excluding carboxylic acids is 1. The van der Waals surface area contributed by atoms with Crippen molar-refractivity contribution in [3.05, 3.63) is 30.0 Å². The highest BCUT2D eigenvalue weighted by Gasteiger charge is 2.14. The number of H-pyrrole nitrogens is 1. The quantitative estimate of drug-likeness (QED) is 0.603. The Hall–Kier alpha value is -2.01. The SMILES string of the molecule is [NH3+][C@@H](Cc1c[nH]c2cccc(O)c12)C(=O)[O-]. The Morgan fingerprint density at radius 1 is 1.56 bits per heavy atom. The zero-order valence-electron chi connectivity index (χ0n) is 8.56. The molecule has 1 heterocycles. The van der Waals surface area contributed by atoms with Crippen LogP contribution in [0.1, 0.15) is 5.56 Å². The molecule has 5 heteroatoms. The first-order valence-electron chi connectivity index (χ1n) is 4.91. The number of fused-ring (bicyclic) bond motifs is 1. The van der Waals surface area contributed by atoms with E-state index >= 15 is 0 Å². The third-order valence-electron chi connectivity index (χ3n) is 2.57. The fraction of sp³-hybridized carbons (Fsp3) is 0.182. The highest BCUT2D eigenvalue weighted by molar-refractivity contribution is 5.89. The lowest BCUT2D eigenvalue weighted by molar-refractivity contribution is -0.436. The summed E-state index contributed by atoms with van der Waals surface area (Å²) in [6.07, 6.45) is 1.92. The molecule has 2 rings (SSSR count). The highest BCUT2D eigenvalue weighted by atomic mass is 16.4. The molecule has 5 nitrogen and oxygen atoms in total. The number of aromatic hydroxyl groups is 1. The Labute approximate surface area is 91.5 Å². The van der Waals surface area contributed by atoms with Crippen LogP contribution in [0.15, 0.2) is 24.4 Å². The molecule has 0 unspecified atom stereocenters. The van der Waals surface area contributed by atoms with Crippen molar-refractivity contribution in [2.45, 2.75) is 12.5 Å². The third-order valence-corrected chi connectivity index (χ3v) is 2.57. The van der Waals surface area contributed by atoms with Crippen molar-refractivity contribution in [1.82, 2.24) is 4.98 Å². The van der Waals surface area contributed by atoms with E-state index in [1.54, 1.807) is 18.3 Å². The Balaban J connectivity index is 2.42. The molecule has 0 aliphatic heterocycles. The van der Waals surface area contributed by atoms with Gasteiger partial charge in [-0.3, -0.25) is 0 Å². The third kappa shape index (κ3) is 1.72. The van der Waals surface area contributed by atoms with Crippen molar-refractivity contribution in [3.63, 3.8) is 0 Å². The Morgan fingerprint density at radius 2 is 2.31 bits per heavy atom. The van der Waals surface area contributed by atoms with E-state index in [1.165, 1.54) is 0 Å². The van der Waals surface area contributed by atoms with Gasteiger partial charge >= 0.3 is 0 Å². The van der Waals surface area contributed by atoms with Crippen LogP contribution >= 0.6 is 0 Å². The molecular weight excluding hydrogens is 208 g/mol. The predicted molar refractivity (Wildman–Crippen MR) is 55.4 cm³/mol. The summed E-state index contributed by atoms with van der Waals surface area (Å²) in [7, 11) is 0. The maximum absolute atomic E-state index is 10.6. The normalized spacial score (nSPS) is 12.8. The molecule has 84 valence electrons. The van der Waals surface area contributed by atoms with Gasteiger partial charge in [-0.1, -0.05) is 6.07 Å². The van der Waals surface area contributed by atoms with Crippen LogP contribution in [-0.4, -0.2) is 22.1 Å². The second kappa shape index (κ2) is 3.86. The summed E-state index contributed by atoms with van der Waals surface area (Å²) in [6.45, 7) is 0. The van der Waals surface area contributed by atoms with Crippen molar-refractivity contribution in [2.75, 3.05) is 0 Å². The van der Waals surface area contributed by atoms with Gasteiger partial charge in [0, 0.05) is 23.5 Å². The number of aromatic nitrogens is 1. The van der Waals surface area contributed by atoms with Gasteiger partial charge in [-0.15, -0.1) is 0 Å². The van der Waals surface area contributed by atoms with Crippen LogP contribution < -0.4 is 10.8 Å². The fourth-order valence-electron chi connectivity index (χ4n) is 1.74. The number of aromatic amines is 1. The molecule has 0 saturated heterocycles. The number of carbonyl (C=O) groups is 1. The van der Waals surface area contributed by atoms with Crippen LogP contribution in [0, 0.1) is 0 Å². The highest BCUT2D eigenvalue weighted by Crippen LogP contribution is 2.27. The van der Waals surface area contributed by atoms with Crippen molar-refractivity contribution < 1.29 is 20.7 Å². The van der Waals surface area contributed by atoms with E-state index in [0.717, 1.165) is 11.1 Å².